The number of pyridine rings is 1. The largest absolute Gasteiger partial charge is 0.418 e. The third kappa shape index (κ3) is 5.44. The Morgan fingerprint density at radius 2 is 1.90 bits per heavy atom. The average Bonchev–Trinajstić information content (AvgIpc) is 3.40. The number of rotatable bonds is 7. The lowest BCUT2D eigenvalue weighted by Crippen LogP contribution is -2.26. The maximum absolute atomic E-state index is 14.3. The van der Waals surface area contributed by atoms with E-state index in [4.69, 9.17) is 4.74 Å². The number of hydrogen-bond donors (Lipinski definition) is 0. The molecule has 2 aliphatic rings. The fraction of sp³-hybridized carbons (Fsp3) is 0.500. The number of methoxy groups -OCH3 is 1. The molecule has 6 rings (SSSR count). The van der Waals surface area contributed by atoms with Crippen molar-refractivity contribution in [1.82, 2.24) is 28.6 Å². The molecule has 0 radical (unpaired) electrons. The molecule has 1 aliphatic heterocycles. The van der Waals surface area contributed by atoms with Crippen molar-refractivity contribution < 1.29 is 17.9 Å². The van der Waals surface area contributed by atoms with Gasteiger partial charge in [0.05, 0.1) is 22.9 Å². The molecule has 1 aromatic carbocycles. The van der Waals surface area contributed by atoms with Gasteiger partial charge in [-0.15, -0.1) is 10.2 Å². The van der Waals surface area contributed by atoms with E-state index in [9.17, 15) is 18.0 Å². The van der Waals surface area contributed by atoms with Gasteiger partial charge in [0.25, 0.3) is 0 Å². The number of imidazole rings is 1. The zero-order chi connectivity index (χ0) is 28.7. The first-order valence-corrected chi connectivity index (χ1v) is 14.3. The van der Waals surface area contributed by atoms with E-state index in [2.05, 4.69) is 15.1 Å². The smallest absolute Gasteiger partial charge is 0.381 e. The molecule has 1 saturated heterocycles. The highest BCUT2D eigenvalue weighted by Crippen LogP contribution is 2.43. The molecule has 4 aromatic rings. The second kappa shape index (κ2) is 11.1. The minimum absolute atomic E-state index is 0.00685. The molecule has 1 saturated carbocycles. The second-order valence-corrected chi connectivity index (χ2v) is 11.4. The Balaban J connectivity index is 1.39. The number of aromatic nitrogens is 5. The van der Waals surface area contributed by atoms with E-state index in [1.165, 1.54) is 16.8 Å². The predicted octanol–water partition coefficient (Wildman–Crippen LogP) is 5.17. The van der Waals surface area contributed by atoms with Crippen LogP contribution in [-0.2, 0) is 24.5 Å². The predicted molar refractivity (Wildman–Crippen MR) is 148 cm³/mol. The van der Waals surface area contributed by atoms with Crippen molar-refractivity contribution in [3.8, 4) is 5.69 Å². The Hall–Kier alpha value is -3.44. The van der Waals surface area contributed by atoms with Gasteiger partial charge in [0.15, 0.2) is 0 Å². The van der Waals surface area contributed by atoms with Crippen LogP contribution in [0.4, 0.5) is 13.2 Å². The lowest BCUT2D eigenvalue weighted by molar-refractivity contribution is -0.136. The van der Waals surface area contributed by atoms with Crippen molar-refractivity contribution in [1.29, 1.82) is 0 Å². The normalized spacial score (nSPS) is 19.8. The van der Waals surface area contributed by atoms with E-state index in [0.29, 0.717) is 23.7 Å². The van der Waals surface area contributed by atoms with Crippen molar-refractivity contribution in [2.24, 2.45) is 13.0 Å². The molecule has 0 bridgehead atoms. The highest BCUT2D eigenvalue weighted by Gasteiger charge is 2.35. The molecule has 218 valence electrons. The topological polar surface area (TPSA) is 69.6 Å². The van der Waals surface area contributed by atoms with Gasteiger partial charge in [-0.05, 0) is 73.9 Å². The van der Waals surface area contributed by atoms with E-state index < -0.39 is 17.4 Å². The SMILES string of the molecule is CO[C@H]1CCCN(Cc2cc(C(F)(F)F)c3cn(-c4cccc([C@H](c5nncn5C)C5CCC5)c4)c(=O)n3c2)CC1. The molecule has 41 heavy (non-hydrogen) atoms. The second-order valence-electron chi connectivity index (χ2n) is 11.4. The van der Waals surface area contributed by atoms with E-state index in [1.807, 2.05) is 29.8 Å². The number of hydrogen-bond acceptors (Lipinski definition) is 5. The quantitative estimate of drug-likeness (QED) is 0.308. The van der Waals surface area contributed by atoms with Crippen LogP contribution in [0.2, 0.25) is 0 Å². The Morgan fingerprint density at radius 3 is 2.59 bits per heavy atom. The summed E-state index contributed by atoms with van der Waals surface area (Å²) in [4.78, 5) is 15.8. The number of halogens is 3. The molecular weight excluding hydrogens is 533 g/mol. The molecule has 0 N–H and O–H groups in total. The summed E-state index contributed by atoms with van der Waals surface area (Å²) in [5, 5.41) is 8.43. The van der Waals surface area contributed by atoms with Crippen LogP contribution in [0.3, 0.4) is 0 Å². The number of aryl methyl sites for hydroxylation is 1. The lowest BCUT2D eigenvalue weighted by atomic mass is 9.72. The third-order valence-corrected chi connectivity index (χ3v) is 8.79. The van der Waals surface area contributed by atoms with Crippen LogP contribution in [-0.4, -0.2) is 54.9 Å². The summed E-state index contributed by atoms with van der Waals surface area (Å²) >= 11 is 0. The molecule has 11 heteroatoms. The zero-order valence-electron chi connectivity index (χ0n) is 23.3. The monoisotopic (exact) mass is 568 g/mol. The molecule has 0 spiro atoms. The summed E-state index contributed by atoms with van der Waals surface area (Å²) in [6, 6.07) is 8.70. The molecule has 8 nitrogen and oxygen atoms in total. The minimum Gasteiger partial charge on any atom is -0.381 e. The highest BCUT2D eigenvalue weighted by atomic mass is 19.4. The number of benzene rings is 1. The van der Waals surface area contributed by atoms with E-state index in [-0.39, 0.29) is 17.5 Å². The summed E-state index contributed by atoms with van der Waals surface area (Å²) in [7, 11) is 3.60. The van der Waals surface area contributed by atoms with Crippen LogP contribution >= 0.6 is 0 Å². The Labute approximate surface area is 236 Å². The zero-order valence-corrected chi connectivity index (χ0v) is 23.3. The van der Waals surface area contributed by atoms with Crippen molar-refractivity contribution in [3.63, 3.8) is 0 Å². The molecular formula is C30H35F3N6O2. The first kappa shape index (κ1) is 27.7. The summed E-state index contributed by atoms with van der Waals surface area (Å²) in [5.41, 5.74) is 0.460. The van der Waals surface area contributed by atoms with Gasteiger partial charge in [0.2, 0.25) is 0 Å². The Bertz CT molecular complexity index is 1590. The summed E-state index contributed by atoms with van der Waals surface area (Å²) < 4.78 is 52.8. The number of ether oxygens (including phenoxy) is 1. The number of fused-ring (bicyclic) bond motifs is 1. The van der Waals surface area contributed by atoms with Gasteiger partial charge in [-0.2, -0.15) is 13.2 Å². The third-order valence-electron chi connectivity index (χ3n) is 8.79. The van der Waals surface area contributed by atoms with Crippen LogP contribution < -0.4 is 5.69 Å². The molecule has 4 heterocycles. The van der Waals surface area contributed by atoms with E-state index in [1.54, 1.807) is 25.7 Å². The lowest BCUT2D eigenvalue weighted by Gasteiger charge is -2.33. The van der Waals surface area contributed by atoms with Gasteiger partial charge in [-0.1, -0.05) is 18.6 Å². The maximum Gasteiger partial charge on any atom is 0.418 e. The fourth-order valence-electron chi connectivity index (χ4n) is 6.37. The summed E-state index contributed by atoms with van der Waals surface area (Å²) in [6.07, 6.45) is 6.05. The van der Waals surface area contributed by atoms with Crippen molar-refractivity contribution in [3.05, 3.63) is 82.1 Å². The van der Waals surface area contributed by atoms with E-state index in [0.717, 1.165) is 67.4 Å². The molecule has 0 amide bonds. The van der Waals surface area contributed by atoms with Crippen LogP contribution in [0.25, 0.3) is 11.2 Å². The molecule has 0 unspecified atom stereocenters. The summed E-state index contributed by atoms with van der Waals surface area (Å²) in [6.45, 7) is 1.84. The van der Waals surface area contributed by atoms with Crippen LogP contribution in [0.1, 0.15) is 67.0 Å². The molecule has 2 fully saturated rings. The van der Waals surface area contributed by atoms with Crippen molar-refractivity contribution in [2.75, 3.05) is 20.2 Å². The first-order valence-electron chi connectivity index (χ1n) is 14.3. The Kier molecular flexibility index (Phi) is 7.50. The van der Waals surface area contributed by atoms with Gasteiger partial charge < -0.3 is 9.30 Å². The minimum atomic E-state index is -4.61. The van der Waals surface area contributed by atoms with Gasteiger partial charge in [0.1, 0.15) is 12.2 Å². The van der Waals surface area contributed by atoms with Gasteiger partial charge >= 0.3 is 11.9 Å². The Morgan fingerprint density at radius 1 is 1.07 bits per heavy atom. The van der Waals surface area contributed by atoms with Crippen molar-refractivity contribution >= 4 is 5.52 Å². The maximum atomic E-state index is 14.3. The number of alkyl halides is 3. The standard InChI is InChI=1S/C30H35F3N6O2/c1-36-19-34-35-28(36)27(21-6-3-7-21)22-8-4-9-23(15-22)38-18-26-25(30(31,32)33)14-20(17-39(26)29(38)40)16-37-12-5-10-24(41-2)11-13-37/h4,8-9,14-15,17-19,21,24,27H,3,5-7,10-13,16H2,1-2H3/t24-,27+/m0/s1. The fourth-order valence-corrected chi connectivity index (χ4v) is 6.37. The average molecular weight is 569 g/mol. The van der Waals surface area contributed by atoms with Gasteiger partial charge in [0, 0.05) is 45.6 Å². The van der Waals surface area contributed by atoms with Gasteiger partial charge in [-0.25, -0.2) is 4.79 Å². The van der Waals surface area contributed by atoms with Crippen molar-refractivity contribution in [2.45, 2.75) is 63.3 Å². The van der Waals surface area contributed by atoms with Crippen LogP contribution in [0.15, 0.2) is 53.8 Å². The summed E-state index contributed by atoms with van der Waals surface area (Å²) in [5.74, 6) is 1.23. The molecule has 3 aromatic heterocycles. The number of nitrogens with zero attached hydrogens (tertiary/aromatic N) is 6. The highest BCUT2D eigenvalue weighted by molar-refractivity contribution is 5.58. The molecule has 1 aliphatic carbocycles. The number of likely N-dealkylation sites (tertiary alicyclic amines) is 1. The first-order chi connectivity index (χ1) is 19.7. The van der Waals surface area contributed by atoms with E-state index >= 15 is 0 Å². The van der Waals surface area contributed by atoms with Crippen LogP contribution in [0, 0.1) is 5.92 Å². The van der Waals surface area contributed by atoms with Gasteiger partial charge in [-0.3, -0.25) is 13.9 Å². The van der Waals surface area contributed by atoms with Crippen LogP contribution in [0.5, 0.6) is 0 Å². The molecule has 2 atom stereocenters.